The van der Waals surface area contributed by atoms with Gasteiger partial charge in [-0.25, -0.2) is 4.98 Å². The average molecular weight is 316 g/mol. The van der Waals surface area contributed by atoms with Gasteiger partial charge >= 0.3 is 6.18 Å². The highest BCUT2D eigenvalue weighted by Crippen LogP contribution is 2.15. The molecule has 0 spiro atoms. The van der Waals surface area contributed by atoms with Crippen LogP contribution in [0, 0.1) is 0 Å². The summed E-state index contributed by atoms with van der Waals surface area (Å²) in [6.07, 6.45) is -4.42. The summed E-state index contributed by atoms with van der Waals surface area (Å²) in [5.41, 5.74) is 2.61. The number of carbonyl (C=O) groups excluding carboxylic acids is 1. The summed E-state index contributed by atoms with van der Waals surface area (Å²) in [5.74, 6) is -0.270. The van der Waals surface area contributed by atoms with Crippen molar-refractivity contribution in [1.82, 2.24) is 10.3 Å². The minimum atomic E-state index is -4.42. The highest BCUT2D eigenvalue weighted by Gasteiger charge is 2.27. The van der Waals surface area contributed by atoms with Crippen LogP contribution in [0.2, 0.25) is 0 Å². The summed E-state index contributed by atoms with van der Waals surface area (Å²) in [7, 11) is 0. The molecule has 0 fully saturated rings. The minimum Gasteiger partial charge on any atom is -0.487 e. The maximum Gasteiger partial charge on any atom is 0.405 e. The zero-order valence-electron chi connectivity index (χ0n) is 10.7. The fourth-order valence-electron chi connectivity index (χ4n) is 1.45. The molecule has 0 aliphatic rings. The lowest BCUT2D eigenvalue weighted by atomic mass is 10.2. The number of nitrogens with zero attached hydrogens (tertiary/aromatic N) is 1. The Kier molecular flexibility index (Phi) is 4.79. The summed E-state index contributed by atoms with van der Waals surface area (Å²) in [6.45, 7) is -1.06. The van der Waals surface area contributed by atoms with Crippen molar-refractivity contribution >= 4 is 17.2 Å². The molecule has 0 unspecified atom stereocenters. The Balaban J connectivity index is 1.87. The molecule has 1 N–H and O–H groups in total. The van der Waals surface area contributed by atoms with E-state index >= 15 is 0 Å². The first-order chi connectivity index (χ1) is 9.94. The van der Waals surface area contributed by atoms with E-state index in [0.29, 0.717) is 12.4 Å². The Morgan fingerprint density at radius 2 is 2.00 bits per heavy atom. The smallest absolute Gasteiger partial charge is 0.405 e. The van der Waals surface area contributed by atoms with Crippen LogP contribution in [0.1, 0.15) is 16.1 Å². The molecule has 1 amide bonds. The van der Waals surface area contributed by atoms with Crippen molar-refractivity contribution in [3.63, 3.8) is 0 Å². The Morgan fingerprint density at radius 1 is 1.29 bits per heavy atom. The lowest BCUT2D eigenvalue weighted by molar-refractivity contribution is -0.123. The number of amides is 1. The van der Waals surface area contributed by atoms with Crippen LogP contribution in [-0.2, 0) is 6.61 Å². The van der Waals surface area contributed by atoms with E-state index in [-0.39, 0.29) is 5.56 Å². The van der Waals surface area contributed by atoms with Crippen molar-refractivity contribution in [2.45, 2.75) is 12.8 Å². The SMILES string of the molecule is O=C(NCC(F)(F)F)c1ccc(OCc2cscn2)cc1. The molecule has 112 valence electrons. The Labute approximate surface area is 122 Å². The van der Waals surface area contributed by atoms with Crippen LogP contribution < -0.4 is 10.1 Å². The fraction of sp³-hybridized carbons (Fsp3) is 0.231. The van der Waals surface area contributed by atoms with Crippen molar-refractivity contribution in [2.24, 2.45) is 0 Å². The largest absolute Gasteiger partial charge is 0.487 e. The Hall–Kier alpha value is -2.09. The number of halogens is 3. The van der Waals surface area contributed by atoms with E-state index in [2.05, 4.69) is 4.98 Å². The first-order valence-corrected chi connectivity index (χ1v) is 6.83. The second-order valence-corrected chi connectivity index (χ2v) is 4.81. The van der Waals surface area contributed by atoms with Crippen LogP contribution in [0.5, 0.6) is 5.75 Å². The molecule has 0 atom stereocenters. The molecule has 1 heterocycles. The van der Waals surface area contributed by atoms with E-state index in [9.17, 15) is 18.0 Å². The predicted octanol–water partition coefficient (Wildman–Crippen LogP) is 3.01. The zero-order valence-corrected chi connectivity index (χ0v) is 11.5. The van der Waals surface area contributed by atoms with E-state index in [0.717, 1.165) is 5.69 Å². The average Bonchev–Trinajstić information content (AvgIpc) is 2.95. The number of thiazole rings is 1. The number of aromatic nitrogens is 1. The monoisotopic (exact) mass is 316 g/mol. The van der Waals surface area contributed by atoms with Crippen LogP contribution in [0.4, 0.5) is 13.2 Å². The van der Waals surface area contributed by atoms with Crippen molar-refractivity contribution in [1.29, 1.82) is 0 Å². The van der Waals surface area contributed by atoms with Gasteiger partial charge in [0, 0.05) is 10.9 Å². The third kappa shape index (κ3) is 5.07. The highest BCUT2D eigenvalue weighted by molar-refractivity contribution is 7.07. The third-order valence-electron chi connectivity index (χ3n) is 2.44. The normalized spacial score (nSPS) is 11.2. The van der Waals surface area contributed by atoms with Gasteiger partial charge in [0.2, 0.25) is 0 Å². The highest BCUT2D eigenvalue weighted by atomic mass is 32.1. The second-order valence-electron chi connectivity index (χ2n) is 4.09. The molecule has 1 aromatic carbocycles. The van der Waals surface area contributed by atoms with Crippen LogP contribution in [0.3, 0.4) is 0 Å². The Morgan fingerprint density at radius 3 is 2.57 bits per heavy atom. The van der Waals surface area contributed by atoms with Crippen molar-refractivity contribution < 1.29 is 22.7 Å². The molecule has 2 rings (SSSR count). The number of hydrogen-bond donors (Lipinski definition) is 1. The van der Waals surface area contributed by atoms with Crippen molar-refractivity contribution in [3.8, 4) is 5.75 Å². The first-order valence-electron chi connectivity index (χ1n) is 5.89. The molecule has 0 radical (unpaired) electrons. The molecule has 21 heavy (non-hydrogen) atoms. The summed E-state index contributed by atoms with van der Waals surface area (Å²) >= 11 is 1.45. The first kappa shape index (κ1) is 15.3. The van der Waals surface area contributed by atoms with E-state index in [1.54, 1.807) is 10.8 Å². The number of nitrogens with one attached hydrogen (secondary N) is 1. The standard InChI is InChI=1S/C13H11F3N2O2S/c14-13(15,16)7-17-12(19)9-1-3-11(4-2-9)20-5-10-6-21-8-18-10/h1-4,6,8H,5,7H2,(H,17,19). The molecule has 4 nitrogen and oxygen atoms in total. The number of benzene rings is 1. The van der Waals surface area contributed by atoms with Crippen LogP contribution in [0.15, 0.2) is 35.2 Å². The second kappa shape index (κ2) is 6.57. The van der Waals surface area contributed by atoms with Gasteiger partial charge in [-0.2, -0.15) is 13.2 Å². The molecular formula is C13H11F3N2O2S. The van der Waals surface area contributed by atoms with Gasteiger partial charge in [0.1, 0.15) is 18.9 Å². The van der Waals surface area contributed by atoms with Crippen LogP contribution >= 0.6 is 11.3 Å². The summed E-state index contributed by atoms with van der Waals surface area (Å²) < 4.78 is 41.4. The molecule has 0 aliphatic heterocycles. The molecule has 2 aromatic rings. The lowest BCUT2D eigenvalue weighted by Crippen LogP contribution is -2.33. The van der Waals surface area contributed by atoms with Crippen molar-refractivity contribution in [3.05, 3.63) is 46.4 Å². The molecule has 0 saturated carbocycles. The van der Waals surface area contributed by atoms with E-state index < -0.39 is 18.6 Å². The van der Waals surface area contributed by atoms with Gasteiger partial charge in [-0.15, -0.1) is 11.3 Å². The van der Waals surface area contributed by atoms with Gasteiger partial charge in [-0.3, -0.25) is 4.79 Å². The van der Waals surface area contributed by atoms with Gasteiger partial charge < -0.3 is 10.1 Å². The van der Waals surface area contributed by atoms with Crippen LogP contribution in [-0.4, -0.2) is 23.6 Å². The van der Waals surface area contributed by atoms with Crippen LogP contribution in [0.25, 0.3) is 0 Å². The maximum atomic E-state index is 12.0. The molecule has 0 bridgehead atoms. The number of rotatable bonds is 5. The van der Waals surface area contributed by atoms with E-state index in [1.807, 2.05) is 5.38 Å². The quantitative estimate of drug-likeness (QED) is 0.922. The number of alkyl halides is 3. The lowest BCUT2D eigenvalue weighted by Gasteiger charge is -2.09. The summed E-state index contributed by atoms with van der Waals surface area (Å²) in [5, 5.41) is 3.65. The fourth-order valence-corrected chi connectivity index (χ4v) is 1.99. The van der Waals surface area contributed by atoms with Gasteiger partial charge in [0.25, 0.3) is 5.91 Å². The number of carbonyl (C=O) groups is 1. The zero-order chi connectivity index (χ0) is 15.3. The minimum absolute atomic E-state index is 0.139. The predicted molar refractivity (Wildman–Crippen MR) is 71.3 cm³/mol. The molecule has 0 saturated heterocycles. The Bertz CT molecular complexity index is 582. The summed E-state index contributed by atoms with van der Waals surface area (Å²) in [6, 6.07) is 5.86. The number of hydrogen-bond acceptors (Lipinski definition) is 4. The maximum absolute atomic E-state index is 12.0. The molecule has 8 heteroatoms. The van der Waals surface area contributed by atoms with Gasteiger partial charge in [-0.05, 0) is 24.3 Å². The van der Waals surface area contributed by atoms with Gasteiger partial charge in [-0.1, -0.05) is 0 Å². The summed E-state index contributed by atoms with van der Waals surface area (Å²) in [4.78, 5) is 15.5. The van der Waals surface area contributed by atoms with Crippen molar-refractivity contribution in [2.75, 3.05) is 6.54 Å². The molecule has 1 aromatic heterocycles. The number of ether oxygens (including phenoxy) is 1. The third-order valence-corrected chi connectivity index (χ3v) is 3.07. The van der Waals surface area contributed by atoms with Gasteiger partial charge in [0.05, 0.1) is 11.2 Å². The van der Waals surface area contributed by atoms with E-state index in [1.165, 1.54) is 35.6 Å². The van der Waals surface area contributed by atoms with E-state index in [4.69, 9.17) is 4.74 Å². The topological polar surface area (TPSA) is 51.2 Å². The molecular weight excluding hydrogens is 305 g/mol. The van der Waals surface area contributed by atoms with Gasteiger partial charge in [0.15, 0.2) is 0 Å². The molecule has 0 aliphatic carbocycles.